The second kappa shape index (κ2) is 6.04. The van der Waals surface area contributed by atoms with Crippen molar-refractivity contribution in [2.75, 3.05) is 0 Å². The molecule has 2 rings (SSSR count). The first-order valence-corrected chi connectivity index (χ1v) is 7.02. The van der Waals surface area contributed by atoms with Gasteiger partial charge in [0.25, 0.3) is 0 Å². The molecule has 4 heteroatoms. The average Bonchev–Trinajstić information content (AvgIpc) is 2.33. The lowest BCUT2D eigenvalue weighted by Gasteiger charge is -2.14. The Balaban J connectivity index is 2.20. The molecule has 1 N–H and O–H groups in total. The third-order valence-corrected chi connectivity index (χ3v) is 3.85. The van der Waals surface area contributed by atoms with Gasteiger partial charge in [0, 0.05) is 11.4 Å². The smallest absolute Gasteiger partial charge is 0.137 e. The standard InChI is InChI=1S/C15H13BrClFO/c1-9-6-11(17)3-4-12(9)15(19)8-10-2-5-14(18)13(16)7-10/h2-7,15,19H,8H2,1H3. The molecule has 0 radical (unpaired) electrons. The molecule has 0 aliphatic heterocycles. The highest BCUT2D eigenvalue weighted by Gasteiger charge is 2.12. The van der Waals surface area contributed by atoms with Gasteiger partial charge in [-0.25, -0.2) is 4.39 Å². The van der Waals surface area contributed by atoms with Gasteiger partial charge in [-0.05, 0) is 63.8 Å². The zero-order valence-electron chi connectivity index (χ0n) is 10.3. The summed E-state index contributed by atoms with van der Waals surface area (Å²) in [5.41, 5.74) is 2.65. The highest BCUT2D eigenvalue weighted by atomic mass is 79.9. The number of hydrogen-bond acceptors (Lipinski definition) is 1. The zero-order chi connectivity index (χ0) is 14.0. The number of rotatable bonds is 3. The number of aliphatic hydroxyl groups is 1. The Hall–Kier alpha value is -0.900. The minimum atomic E-state index is -0.630. The first-order chi connectivity index (χ1) is 8.97. The first-order valence-electron chi connectivity index (χ1n) is 5.85. The lowest BCUT2D eigenvalue weighted by Crippen LogP contribution is -2.04. The normalized spacial score (nSPS) is 12.5. The van der Waals surface area contributed by atoms with Crippen LogP contribution in [-0.2, 0) is 6.42 Å². The predicted molar refractivity (Wildman–Crippen MR) is 79.0 cm³/mol. The summed E-state index contributed by atoms with van der Waals surface area (Å²) >= 11 is 9.03. The van der Waals surface area contributed by atoms with Crippen molar-refractivity contribution in [1.29, 1.82) is 0 Å². The van der Waals surface area contributed by atoms with E-state index < -0.39 is 6.10 Å². The van der Waals surface area contributed by atoms with Crippen LogP contribution in [0, 0.1) is 12.7 Å². The Morgan fingerprint density at radius 2 is 2.00 bits per heavy atom. The van der Waals surface area contributed by atoms with Crippen LogP contribution in [0.5, 0.6) is 0 Å². The van der Waals surface area contributed by atoms with Crippen LogP contribution in [0.4, 0.5) is 4.39 Å². The summed E-state index contributed by atoms with van der Waals surface area (Å²) in [6, 6.07) is 10.1. The van der Waals surface area contributed by atoms with Crippen molar-refractivity contribution in [3.8, 4) is 0 Å². The number of aryl methyl sites for hydroxylation is 1. The molecule has 1 nitrogen and oxygen atoms in total. The van der Waals surface area contributed by atoms with Crippen molar-refractivity contribution in [2.24, 2.45) is 0 Å². The number of halogens is 3. The van der Waals surface area contributed by atoms with E-state index in [4.69, 9.17) is 11.6 Å². The lowest BCUT2D eigenvalue weighted by atomic mass is 9.98. The van der Waals surface area contributed by atoms with Gasteiger partial charge < -0.3 is 5.11 Å². The molecule has 0 bridgehead atoms. The topological polar surface area (TPSA) is 20.2 Å². The molecule has 0 aromatic heterocycles. The molecule has 2 aromatic rings. The van der Waals surface area contributed by atoms with Crippen LogP contribution in [-0.4, -0.2) is 5.11 Å². The van der Waals surface area contributed by atoms with Crippen molar-refractivity contribution in [1.82, 2.24) is 0 Å². The summed E-state index contributed by atoms with van der Waals surface area (Å²) in [7, 11) is 0. The fraction of sp³-hybridized carbons (Fsp3) is 0.200. The minimum absolute atomic E-state index is 0.305. The zero-order valence-corrected chi connectivity index (χ0v) is 12.7. The van der Waals surface area contributed by atoms with Crippen LogP contribution < -0.4 is 0 Å². The monoisotopic (exact) mass is 342 g/mol. The van der Waals surface area contributed by atoms with Crippen molar-refractivity contribution in [3.05, 3.63) is 68.4 Å². The van der Waals surface area contributed by atoms with Crippen LogP contribution in [0.25, 0.3) is 0 Å². The molecular weight excluding hydrogens is 331 g/mol. The van der Waals surface area contributed by atoms with Crippen LogP contribution in [0.3, 0.4) is 0 Å². The van der Waals surface area contributed by atoms with E-state index in [0.29, 0.717) is 15.9 Å². The molecule has 1 atom stereocenters. The van der Waals surface area contributed by atoms with Crippen molar-refractivity contribution in [3.63, 3.8) is 0 Å². The Morgan fingerprint density at radius 3 is 2.63 bits per heavy atom. The summed E-state index contributed by atoms with van der Waals surface area (Å²) in [5.74, 6) is -0.305. The fourth-order valence-electron chi connectivity index (χ4n) is 2.01. The van der Waals surface area contributed by atoms with E-state index in [0.717, 1.165) is 16.7 Å². The average molecular weight is 344 g/mol. The molecule has 2 aromatic carbocycles. The molecule has 0 amide bonds. The predicted octanol–water partition coefficient (Wildman–Crippen LogP) is 4.83. The summed E-state index contributed by atoms with van der Waals surface area (Å²) in [6.45, 7) is 1.91. The quantitative estimate of drug-likeness (QED) is 0.846. The van der Waals surface area contributed by atoms with Crippen molar-refractivity contribution in [2.45, 2.75) is 19.4 Å². The van der Waals surface area contributed by atoms with Crippen molar-refractivity contribution >= 4 is 27.5 Å². The fourth-order valence-corrected chi connectivity index (χ4v) is 2.67. The Kier molecular flexibility index (Phi) is 4.61. The molecule has 0 spiro atoms. The van der Waals surface area contributed by atoms with Gasteiger partial charge in [-0.15, -0.1) is 0 Å². The largest absolute Gasteiger partial charge is 0.388 e. The van der Waals surface area contributed by atoms with Gasteiger partial charge in [0.1, 0.15) is 5.82 Å². The van der Waals surface area contributed by atoms with E-state index in [1.807, 2.05) is 19.1 Å². The molecular formula is C15H13BrClFO. The highest BCUT2D eigenvalue weighted by Crippen LogP contribution is 2.26. The molecule has 0 fully saturated rings. The molecule has 0 heterocycles. The van der Waals surface area contributed by atoms with Crippen LogP contribution in [0.2, 0.25) is 5.02 Å². The number of benzene rings is 2. The van der Waals surface area contributed by atoms with Gasteiger partial charge in [-0.2, -0.15) is 0 Å². The summed E-state index contributed by atoms with van der Waals surface area (Å²) < 4.78 is 13.6. The third-order valence-electron chi connectivity index (χ3n) is 3.00. The van der Waals surface area contributed by atoms with Gasteiger partial charge in [0.2, 0.25) is 0 Å². The van der Waals surface area contributed by atoms with Crippen molar-refractivity contribution < 1.29 is 9.50 Å². The molecule has 0 aliphatic carbocycles. The summed E-state index contributed by atoms with van der Waals surface area (Å²) in [5, 5.41) is 10.9. The van der Waals surface area contributed by atoms with Gasteiger partial charge in [-0.1, -0.05) is 23.7 Å². The van der Waals surface area contributed by atoms with Crippen LogP contribution in [0.15, 0.2) is 40.9 Å². The van der Waals surface area contributed by atoms with Crippen LogP contribution >= 0.6 is 27.5 Å². The second-order valence-electron chi connectivity index (χ2n) is 4.47. The number of aliphatic hydroxyl groups excluding tert-OH is 1. The van der Waals surface area contributed by atoms with Gasteiger partial charge in [0.05, 0.1) is 10.6 Å². The van der Waals surface area contributed by atoms with E-state index in [2.05, 4.69) is 15.9 Å². The molecule has 100 valence electrons. The molecule has 1 unspecified atom stereocenters. The maximum Gasteiger partial charge on any atom is 0.137 e. The molecule has 0 saturated heterocycles. The minimum Gasteiger partial charge on any atom is -0.388 e. The van der Waals surface area contributed by atoms with Gasteiger partial charge in [0.15, 0.2) is 0 Å². The van der Waals surface area contributed by atoms with E-state index in [1.54, 1.807) is 18.2 Å². The summed E-state index contributed by atoms with van der Waals surface area (Å²) in [6.07, 6.45) is -0.198. The molecule has 0 saturated carbocycles. The maximum absolute atomic E-state index is 13.1. The van der Waals surface area contributed by atoms with Gasteiger partial charge >= 0.3 is 0 Å². The maximum atomic E-state index is 13.1. The third kappa shape index (κ3) is 3.56. The lowest BCUT2D eigenvalue weighted by molar-refractivity contribution is 0.177. The molecule has 0 aliphatic rings. The SMILES string of the molecule is Cc1cc(Cl)ccc1C(O)Cc1ccc(F)c(Br)c1. The Morgan fingerprint density at radius 1 is 1.26 bits per heavy atom. The van der Waals surface area contributed by atoms with Crippen LogP contribution in [0.1, 0.15) is 22.8 Å². The number of hydrogen-bond donors (Lipinski definition) is 1. The van der Waals surface area contributed by atoms with E-state index in [1.165, 1.54) is 6.07 Å². The highest BCUT2D eigenvalue weighted by molar-refractivity contribution is 9.10. The van der Waals surface area contributed by atoms with E-state index >= 15 is 0 Å². The Bertz CT molecular complexity index is 601. The summed E-state index contributed by atoms with van der Waals surface area (Å²) in [4.78, 5) is 0. The first kappa shape index (κ1) is 14.5. The molecule has 19 heavy (non-hydrogen) atoms. The second-order valence-corrected chi connectivity index (χ2v) is 5.76. The van der Waals surface area contributed by atoms with Gasteiger partial charge in [-0.3, -0.25) is 0 Å². The van der Waals surface area contributed by atoms with E-state index in [-0.39, 0.29) is 5.82 Å². The van der Waals surface area contributed by atoms with E-state index in [9.17, 15) is 9.50 Å². The Labute approximate surface area is 125 Å².